The summed E-state index contributed by atoms with van der Waals surface area (Å²) in [6.45, 7) is 3.74. The summed E-state index contributed by atoms with van der Waals surface area (Å²) in [5.41, 5.74) is 4.06. The number of aromatic nitrogens is 2. The maximum Gasteiger partial charge on any atom is 0.274 e. The molecular weight excluding hydrogens is 420 g/mol. The number of amides is 2. The second-order valence-electron chi connectivity index (χ2n) is 7.46. The van der Waals surface area contributed by atoms with Crippen molar-refractivity contribution in [3.63, 3.8) is 0 Å². The molecule has 4 aromatic rings. The summed E-state index contributed by atoms with van der Waals surface area (Å²) < 4.78 is 12.7. The summed E-state index contributed by atoms with van der Waals surface area (Å²) in [4.78, 5) is 30.3. The lowest BCUT2D eigenvalue weighted by atomic mass is 10.2. The molecule has 2 aromatic heterocycles. The van der Waals surface area contributed by atoms with E-state index in [1.807, 2.05) is 25.1 Å². The van der Waals surface area contributed by atoms with Crippen LogP contribution in [0.25, 0.3) is 5.65 Å². The SMILES string of the molecule is COc1cc(NC(=O)c2c(C)nc3c(C)cccn23)c(OC)cc1NC(=O)c1ccccc1. The minimum Gasteiger partial charge on any atom is -0.494 e. The maximum atomic E-state index is 13.2. The van der Waals surface area contributed by atoms with E-state index in [1.165, 1.54) is 14.2 Å². The van der Waals surface area contributed by atoms with Crippen molar-refractivity contribution in [2.24, 2.45) is 0 Å². The first-order valence-electron chi connectivity index (χ1n) is 10.3. The molecule has 0 bridgehead atoms. The number of benzene rings is 2. The van der Waals surface area contributed by atoms with Crippen molar-refractivity contribution in [1.82, 2.24) is 9.38 Å². The second-order valence-corrected chi connectivity index (χ2v) is 7.46. The third-order valence-corrected chi connectivity index (χ3v) is 5.29. The number of pyridine rings is 1. The van der Waals surface area contributed by atoms with Crippen molar-refractivity contribution in [3.05, 3.63) is 83.3 Å². The molecule has 8 nitrogen and oxygen atoms in total. The van der Waals surface area contributed by atoms with Gasteiger partial charge in [0.2, 0.25) is 0 Å². The highest BCUT2D eigenvalue weighted by molar-refractivity contribution is 6.07. The van der Waals surface area contributed by atoms with Crippen LogP contribution >= 0.6 is 0 Å². The van der Waals surface area contributed by atoms with Gasteiger partial charge >= 0.3 is 0 Å². The third kappa shape index (κ3) is 4.23. The standard InChI is InChI=1S/C25H24N4O4/c1-15-9-8-12-29-22(16(2)26-23(15)29)25(31)28-19-14-20(32-3)18(13-21(19)33-4)27-24(30)17-10-6-5-7-11-17/h5-14H,1-4H3,(H,27,30)(H,28,31). The topological polar surface area (TPSA) is 94.0 Å². The van der Waals surface area contributed by atoms with Gasteiger partial charge in [0.25, 0.3) is 11.8 Å². The lowest BCUT2D eigenvalue weighted by molar-refractivity contribution is 0.101. The predicted octanol–water partition coefficient (Wildman–Crippen LogP) is 4.47. The highest BCUT2D eigenvalue weighted by Gasteiger charge is 2.21. The Morgan fingerprint density at radius 3 is 2.06 bits per heavy atom. The molecule has 8 heteroatoms. The molecule has 0 saturated carbocycles. The summed E-state index contributed by atoms with van der Waals surface area (Å²) in [7, 11) is 2.98. The van der Waals surface area contributed by atoms with E-state index >= 15 is 0 Å². The van der Waals surface area contributed by atoms with E-state index in [4.69, 9.17) is 9.47 Å². The molecular formula is C25H24N4O4. The molecule has 0 aliphatic heterocycles. The van der Waals surface area contributed by atoms with Gasteiger partial charge in [-0.25, -0.2) is 4.98 Å². The number of nitrogens with zero attached hydrogens (tertiary/aromatic N) is 2. The first-order chi connectivity index (χ1) is 15.9. The monoisotopic (exact) mass is 444 g/mol. The van der Waals surface area contributed by atoms with Crippen LogP contribution in [0.1, 0.15) is 32.1 Å². The van der Waals surface area contributed by atoms with Crippen LogP contribution < -0.4 is 20.1 Å². The van der Waals surface area contributed by atoms with Gasteiger partial charge in [0.15, 0.2) is 0 Å². The molecule has 2 amide bonds. The van der Waals surface area contributed by atoms with Crippen molar-refractivity contribution in [2.45, 2.75) is 13.8 Å². The van der Waals surface area contributed by atoms with Crippen molar-refractivity contribution in [2.75, 3.05) is 24.9 Å². The molecule has 168 valence electrons. The molecule has 0 spiro atoms. The third-order valence-electron chi connectivity index (χ3n) is 5.29. The molecule has 0 radical (unpaired) electrons. The number of imidazole rings is 1. The Hall–Kier alpha value is -4.33. The number of nitrogens with one attached hydrogen (secondary N) is 2. The van der Waals surface area contributed by atoms with Crippen LogP contribution in [0, 0.1) is 13.8 Å². The Bertz CT molecular complexity index is 1350. The molecule has 2 N–H and O–H groups in total. The molecule has 2 aromatic carbocycles. The number of hydrogen-bond donors (Lipinski definition) is 2. The first-order valence-corrected chi connectivity index (χ1v) is 10.3. The van der Waals surface area contributed by atoms with Crippen LogP contribution in [-0.4, -0.2) is 35.4 Å². The lowest BCUT2D eigenvalue weighted by Gasteiger charge is -2.16. The largest absolute Gasteiger partial charge is 0.494 e. The average molecular weight is 444 g/mol. The minimum atomic E-state index is -0.341. The van der Waals surface area contributed by atoms with E-state index in [-0.39, 0.29) is 11.8 Å². The van der Waals surface area contributed by atoms with E-state index in [2.05, 4.69) is 15.6 Å². The Labute approximate surface area is 191 Å². The molecule has 2 heterocycles. The van der Waals surface area contributed by atoms with Crippen molar-refractivity contribution < 1.29 is 19.1 Å². The average Bonchev–Trinajstić information content (AvgIpc) is 3.17. The zero-order chi connectivity index (χ0) is 23.5. The molecule has 0 saturated heterocycles. The maximum absolute atomic E-state index is 13.2. The predicted molar refractivity (Wildman–Crippen MR) is 127 cm³/mol. The Kier molecular flexibility index (Phi) is 5.99. The highest BCUT2D eigenvalue weighted by atomic mass is 16.5. The number of ether oxygens (including phenoxy) is 2. The molecule has 0 aliphatic rings. The fourth-order valence-electron chi connectivity index (χ4n) is 3.65. The summed E-state index contributed by atoms with van der Waals surface area (Å²) in [5.74, 6) is 0.118. The number of methoxy groups -OCH3 is 2. The zero-order valence-corrected chi connectivity index (χ0v) is 18.8. The number of anilines is 2. The summed E-state index contributed by atoms with van der Waals surface area (Å²) in [6, 6.07) is 15.9. The number of rotatable bonds is 6. The highest BCUT2D eigenvalue weighted by Crippen LogP contribution is 2.37. The van der Waals surface area contributed by atoms with Gasteiger partial charge in [0.1, 0.15) is 22.8 Å². The van der Waals surface area contributed by atoms with Crippen LogP contribution in [0.2, 0.25) is 0 Å². The Morgan fingerprint density at radius 2 is 1.45 bits per heavy atom. The van der Waals surface area contributed by atoms with Gasteiger partial charge in [-0.15, -0.1) is 0 Å². The Balaban J connectivity index is 1.66. The van der Waals surface area contributed by atoms with E-state index in [1.54, 1.807) is 53.9 Å². The molecule has 0 aliphatic carbocycles. The molecule has 0 unspecified atom stereocenters. The van der Waals surface area contributed by atoms with Gasteiger partial charge < -0.3 is 20.1 Å². The summed E-state index contributed by atoms with van der Waals surface area (Å²) in [5, 5.41) is 5.72. The van der Waals surface area contributed by atoms with E-state index < -0.39 is 0 Å². The lowest BCUT2D eigenvalue weighted by Crippen LogP contribution is -2.17. The summed E-state index contributed by atoms with van der Waals surface area (Å²) >= 11 is 0. The molecule has 0 fully saturated rings. The number of fused-ring (bicyclic) bond motifs is 1. The number of hydrogen-bond acceptors (Lipinski definition) is 5. The van der Waals surface area contributed by atoms with Crippen LogP contribution in [0.5, 0.6) is 11.5 Å². The van der Waals surface area contributed by atoms with Crippen LogP contribution in [0.4, 0.5) is 11.4 Å². The van der Waals surface area contributed by atoms with E-state index in [9.17, 15) is 9.59 Å². The first kappa shape index (κ1) is 21.9. The van der Waals surface area contributed by atoms with Gasteiger partial charge in [0.05, 0.1) is 31.3 Å². The zero-order valence-electron chi connectivity index (χ0n) is 18.8. The van der Waals surface area contributed by atoms with E-state index in [0.717, 1.165) is 11.2 Å². The Morgan fingerprint density at radius 1 is 0.848 bits per heavy atom. The van der Waals surface area contributed by atoms with Gasteiger partial charge in [-0.3, -0.25) is 14.0 Å². The number of carbonyl (C=O) groups excluding carboxylic acids is 2. The number of carbonyl (C=O) groups is 2. The van der Waals surface area contributed by atoms with Crippen LogP contribution in [0.15, 0.2) is 60.8 Å². The van der Waals surface area contributed by atoms with Gasteiger partial charge in [0, 0.05) is 23.9 Å². The second kappa shape index (κ2) is 9.04. The molecule has 0 atom stereocenters. The van der Waals surface area contributed by atoms with Crippen molar-refractivity contribution >= 4 is 28.8 Å². The van der Waals surface area contributed by atoms with Crippen LogP contribution in [0.3, 0.4) is 0 Å². The number of aryl methyl sites for hydroxylation is 2. The smallest absolute Gasteiger partial charge is 0.274 e. The quantitative estimate of drug-likeness (QED) is 0.458. The van der Waals surface area contributed by atoms with Crippen molar-refractivity contribution in [1.29, 1.82) is 0 Å². The van der Waals surface area contributed by atoms with Crippen LogP contribution in [-0.2, 0) is 0 Å². The summed E-state index contributed by atoms with van der Waals surface area (Å²) in [6.07, 6.45) is 1.80. The minimum absolute atomic E-state index is 0.288. The van der Waals surface area contributed by atoms with E-state index in [0.29, 0.717) is 39.8 Å². The fraction of sp³-hybridized carbons (Fsp3) is 0.160. The van der Waals surface area contributed by atoms with Gasteiger partial charge in [-0.05, 0) is 37.6 Å². The molecule has 4 rings (SSSR count). The van der Waals surface area contributed by atoms with Crippen molar-refractivity contribution in [3.8, 4) is 11.5 Å². The molecule has 33 heavy (non-hydrogen) atoms. The normalized spacial score (nSPS) is 10.7. The fourth-order valence-corrected chi connectivity index (χ4v) is 3.65. The van der Waals surface area contributed by atoms with Gasteiger partial charge in [-0.2, -0.15) is 0 Å². The van der Waals surface area contributed by atoms with Gasteiger partial charge in [-0.1, -0.05) is 24.3 Å².